The van der Waals surface area contributed by atoms with E-state index in [0.29, 0.717) is 59.2 Å². The molecule has 4 nitrogen and oxygen atoms in total. The van der Waals surface area contributed by atoms with Gasteiger partial charge >= 0.3 is 11.9 Å². The second-order valence-electron chi connectivity index (χ2n) is 10.4. The van der Waals surface area contributed by atoms with Crippen LogP contribution in [0, 0.1) is 65.1 Å². The zero-order chi connectivity index (χ0) is 17.1. The summed E-state index contributed by atoms with van der Waals surface area (Å²) in [5, 5.41) is 0. The van der Waals surface area contributed by atoms with E-state index in [1.54, 1.807) is 0 Å². The molecule has 8 fully saturated rings. The van der Waals surface area contributed by atoms with Crippen LogP contribution in [0.4, 0.5) is 0 Å². The first-order valence-corrected chi connectivity index (χ1v) is 11.9. The van der Waals surface area contributed by atoms with Crippen LogP contribution in [-0.2, 0) is 19.1 Å². The van der Waals surface area contributed by atoms with E-state index in [-0.39, 0.29) is 34.8 Å². The van der Waals surface area contributed by atoms with Gasteiger partial charge in [0.15, 0.2) is 0 Å². The molecule has 8 rings (SSSR count). The number of ether oxygens (including phenoxy) is 2. The molecule has 0 bridgehead atoms. The van der Waals surface area contributed by atoms with Crippen molar-refractivity contribution in [3.8, 4) is 0 Å². The molecule has 0 aromatic heterocycles. The van der Waals surface area contributed by atoms with Crippen LogP contribution >= 0.6 is 11.8 Å². The Hall–Kier alpha value is -0.710. The lowest BCUT2D eigenvalue weighted by molar-refractivity contribution is -0.173. The van der Waals surface area contributed by atoms with Gasteiger partial charge in [0.2, 0.25) is 0 Å². The number of rotatable bonds is 1. The molecule has 138 valence electrons. The van der Waals surface area contributed by atoms with Crippen LogP contribution in [0.1, 0.15) is 25.7 Å². The van der Waals surface area contributed by atoms with Crippen LogP contribution in [0.5, 0.6) is 0 Å². The van der Waals surface area contributed by atoms with Gasteiger partial charge in [0.25, 0.3) is 0 Å². The van der Waals surface area contributed by atoms with Gasteiger partial charge in [0, 0.05) is 11.8 Å². The van der Waals surface area contributed by atoms with Crippen molar-refractivity contribution in [2.45, 2.75) is 42.6 Å². The van der Waals surface area contributed by atoms with Gasteiger partial charge in [-0.15, -0.1) is 11.8 Å². The first-order valence-electron chi connectivity index (χ1n) is 10.6. The number of fused-ring (bicyclic) bond motifs is 4. The van der Waals surface area contributed by atoms with E-state index < -0.39 is 0 Å². The zero-order valence-electron chi connectivity index (χ0n) is 14.9. The highest BCUT2D eigenvalue weighted by atomic mass is 32.2. The van der Waals surface area contributed by atoms with Crippen molar-refractivity contribution in [2.24, 2.45) is 65.1 Å². The number of hydrogen-bond acceptors (Lipinski definition) is 5. The molecule has 5 heteroatoms. The molecule has 0 radical (unpaired) electrons. The van der Waals surface area contributed by atoms with Crippen molar-refractivity contribution in [1.82, 2.24) is 0 Å². The van der Waals surface area contributed by atoms with E-state index in [1.165, 1.54) is 0 Å². The Labute approximate surface area is 157 Å². The van der Waals surface area contributed by atoms with E-state index in [9.17, 15) is 9.59 Å². The van der Waals surface area contributed by atoms with Crippen molar-refractivity contribution >= 4 is 23.7 Å². The Morgan fingerprint density at radius 1 is 0.808 bits per heavy atom. The first kappa shape index (κ1) is 14.3. The monoisotopic (exact) mass is 372 g/mol. The highest BCUT2D eigenvalue weighted by Crippen LogP contribution is 2.84. The molecule has 0 unspecified atom stereocenters. The van der Waals surface area contributed by atoms with Crippen molar-refractivity contribution in [2.75, 3.05) is 6.26 Å². The van der Waals surface area contributed by atoms with Crippen LogP contribution in [0.25, 0.3) is 0 Å². The highest BCUT2D eigenvalue weighted by Gasteiger charge is 2.86. The van der Waals surface area contributed by atoms with Gasteiger partial charge in [0.05, 0.1) is 5.92 Å². The number of carbonyl (C=O) groups is 2. The van der Waals surface area contributed by atoms with Crippen LogP contribution in [0.2, 0.25) is 0 Å². The van der Waals surface area contributed by atoms with Gasteiger partial charge in [-0.3, -0.25) is 9.59 Å². The predicted octanol–water partition coefficient (Wildman–Crippen LogP) is 2.36. The Morgan fingerprint density at radius 3 is 2.35 bits per heavy atom. The maximum absolute atomic E-state index is 13.5. The minimum Gasteiger partial charge on any atom is -0.462 e. The Bertz CT molecular complexity index is 782. The lowest BCUT2D eigenvalue weighted by Crippen LogP contribution is -2.56. The van der Waals surface area contributed by atoms with Gasteiger partial charge in [-0.1, -0.05) is 0 Å². The van der Waals surface area contributed by atoms with E-state index in [1.807, 2.05) is 11.8 Å². The second-order valence-corrected chi connectivity index (χ2v) is 11.5. The average Bonchev–Trinajstić information content (AvgIpc) is 3.37. The van der Waals surface area contributed by atoms with Crippen LogP contribution in [0.3, 0.4) is 0 Å². The molecule has 26 heavy (non-hydrogen) atoms. The van der Waals surface area contributed by atoms with E-state index >= 15 is 0 Å². The standard InChI is InChI=1S/C21H24O4S/c1-26-21-17-7-3-5-8-10(7)13-15(17)14-12(16(13)19(22)24-8)6-2-4-9(25-20(21)23)11(6)18(14)21/h6-18H,2-5H2,1H3/t6-,7+,8+,9+,10-,11-,12-,13+,14+,15+,16-,17+,18-,21-/m0/s1. The molecule has 14 atom stereocenters. The number of esters is 2. The minimum absolute atomic E-state index is 0.114. The lowest BCUT2D eigenvalue weighted by Gasteiger charge is -2.47. The molecule has 2 heterocycles. The Balaban J connectivity index is 1.43. The van der Waals surface area contributed by atoms with Crippen molar-refractivity contribution < 1.29 is 19.1 Å². The lowest BCUT2D eigenvalue weighted by atomic mass is 9.70. The molecule has 6 aliphatic carbocycles. The topological polar surface area (TPSA) is 52.6 Å². The number of carbonyl (C=O) groups excluding carboxylic acids is 2. The van der Waals surface area contributed by atoms with Gasteiger partial charge in [-0.25, -0.2) is 0 Å². The van der Waals surface area contributed by atoms with Gasteiger partial charge in [-0.05, 0) is 79.3 Å². The fourth-order valence-electron chi connectivity index (χ4n) is 10.8. The normalized spacial score (nSPS) is 69.8. The zero-order valence-corrected chi connectivity index (χ0v) is 15.7. The summed E-state index contributed by atoms with van der Waals surface area (Å²) in [7, 11) is 0. The fourth-order valence-corrected chi connectivity index (χ4v) is 12.2. The molecule has 0 spiro atoms. The largest absolute Gasteiger partial charge is 0.462 e. The summed E-state index contributed by atoms with van der Waals surface area (Å²) in [6.07, 6.45) is 6.76. The average molecular weight is 372 g/mol. The quantitative estimate of drug-likeness (QED) is 0.662. The molecule has 6 saturated carbocycles. The SMILES string of the molecule is CS[C@]12C(=O)O[C@@H]3CC[C@@H]4[C@@H]5[C@@H]6C(=O)O[C@@H]7CC[C@@H]8[C@@H]7[C@@H]6[C@H]([C@@H]5[C@@H]1[C@@H]43)[C@@H]82. The van der Waals surface area contributed by atoms with Crippen LogP contribution < -0.4 is 0 Å². The number of thioether (sulfide) groups is 1. The smallest absolute Gasteiger partial charge is 0.323 e. The molecule has 0 aromatic rings. The van der Waals surface area contributed by atoms with Gasteiger partial charge in [-0.2, -0.15) is 0 Å². The third-order valence-corrected chi connectivity index (χ3v) is 12.1. The summed E-state index contributed by atoms with van der Waals surface area (Å²) < 4.78 is 11.9. The summed E-state index contributed by atoms with van der Waals surface area (Å²) in [5.74, 6) is 5.67. The Morgan fingerprint density at radius 2 is 1.54 bits per heavy atom. The Kier molecular flexibility index (Phi) is 2.21. The summed E-state index contributed by atoms with van der Waals surface area (Å²) in [5.41, 5.74) is 0. The summed E-state index contributed by atoms with van der Waals surface area (Å²) in [6.45, 7) is 0. The molecule has 2 saturated heterocycles. The highest BCUT2D eigenvalue weighted by molar-refractivity contribution is 8.00. The molecular formula is C21H24O4S. The predicted molar refractivity (Wildman–Crippen MR) is 92.9 cm³/mol. The maximum Gasteiger partial charge on any atom is 0.323 e. The molecule has 0 amide bonds. The third-order valence-electron chi connectivity index (χ3n) is 10.7. The maximum atomic E-state index is 13.5. The summed E-state index contributed by atoms with van der Waals surface area (Å²) >= 11 is 1.82. The van der Waals surface area contributed by atoms with E-state index in [2.05, 4.69) is 6.26 Å². The number of hydrogen-bond donors (Lipinski definition) is 0. The minimum atomic E-state index is -0.321. The summed E-state index contributed by atoms with van der Waals surface area (Å²) in [4.78, 5) is 26.6. The third kappa shape index (κ3) is 1.11. The molecule has 8 aliphatic rings. The molecule has 0 aromatic carbocycles. The molecule has 2 aliphatic heterocycles. The van der Waals surface area contributed by atoms with Crippen molar-refractivity contribution in [3.63, 3.8) is 0 Å². The summed E-state index contributed by atoms with van der Waals surface area (Å²) in [6, 6.07) is 0. The first-order chi connectivity index (χ1) is 12.7. The second kappa shape index (κ2) is 4.01. The van der Waals surface area contributed by atoms with Gasteiger partial charge < -0.3 is 9.47 Å². The van der Waals surface area contributed by atoms with Gasteiger partial charge in [0.1, 0.15) is 17.0 Å². The fraction of sp³-hybridized carbons (Fsp3) is 0.905. The van der Waals surface area contributed by atoms with Crippen LogP contribution in [0.15, 0.2) is 0 Å². The van der Waals surface area contributed by atoms with E-state index in [4.69, 9.17) is 9.47 Å². The van der Waals surface area contributed by atoms with E-state index in [0.717, 1.165) is 25.7 Å². The molecular weight excluding hydrogens is 348 g/mol. The van der Waals surface area contributed by atoms with Crippen molar-refractivity contribution in [3.05, 3.63) is 0 Å². The van der Waals surface area contributed by atoms with Crippen molar-refractivity contribution in [1.29, 1.82) is 0 Å². The molecule has 0 N–H and O–H groups in total. The van der Waals surface area contributed by atoms with Crippen LogP contribution in [-0.4, -0.2) is 35.1 Å².